The van der Waals surface area contributed by atoms with Gasteiger partial charge in [-0.2, -0.15) is 4.39 Å². The van der Waals surface area contributed by atoms with Crippen molar-refractivity contribution in [2.24, 2.45) is 0 Å². The number of hydrogen-bond acceptors (Lipinski definition) is 3. The Morgan fingerprint density at radius 3 is 2.76 bits per heavy atom. The highest BCUT2D eigenvalue weighted by atomic mass is 35.5. The summed E-state index contributed by atoms with van der Waals surface area (Å²) in [6.07, 6.45) is -1.41. The molecule has 0 aliphatic heterocycles. The van der Waals surface area contributed by atoms with Gasteiger partial charge in [0.05, 0.1) is 6.61 Å². The second kappa shape index (κ2) is 6.45. The summed E-state index contributed by atoms with van der Waals surface area (Å²) in [6, 6.07) is 4.72. The highest BCUT2D eigenvalue weighted by Gasteiger charge is 2.20. The Morgan fingerprint density at radius 2 is 2.18 bits per heavy atom. The number of esters is 1. The average molecular weight is 261 g/mol. The summed E-state index contributed by atoms with van der Waals surface area (Å²) in [7, 11) is 0. The molecule has 5 heteroatoms. The Labute approximate surface area is 104 Å². The minimum atomic E-state index is -2.11. The Balaban J connectivity index is 2.71. The average Bonchev–Trinajstić information content (AvgIpc) is 2.31. The van der Waals surface area contributed by atoms with E-state index in [0.717, 1.165) is 5.56 Å². The van der Waals surface area contributed by atoms with Gasteiger partial charge in [-0.05, 0) is 37.1 Å². The first kappa shape index (κ1) is 13.8. The minimum absolute atomic E-state index is 0.115. The smallest absolute Gasteiger partial charge is 0.381 e. The lowest BCUT2D eigenvalue weighted by atomic mass is 10.1. The molecule has 1 atom stereocenters. The number of hydrogen-bond donors (Lipinski definition) is 0. The molecule has 0 aliphatic rings. The number of carbonyl (C=O) groups excluding carboxylic acids is 1. The minimum Gasteiger partial charge on any atom is -0.461 e. The Bertz CT molecular complexity index is 395. The zero-order valence-corrected chi connectivity index (χ0v) is 10.5. The van der Waals surface area contributed by atoms with Gasteiger partial charge in [-0.15, -0.1) is 0 Å². The third-order valence-electron chi connectivity index (χ3n) is 2.11. The van der Waals surface area contributed by atoms with Crippen molar-refractivity contribution in [1.82, 2.24) is 0 Å². The summed E-state index contributed by atoms with van der Waals surface area (Å²) in [5.41, 5.74) is 0.834. The molecule has 1 rings (SSSR count). The SMILES string of the molecule is CCOC(=O)C(F)Oc1ccc(Cl)c(CC)c1. The summed E-state index contributed by atoms with van der Waals surface area (Å²) in [5.74, 6) is -0.771. The van der Waals surface area contributed by atoms with Gasteiger partial charge in [0.25, 0.3) is 0 Å². The maximum atomic E-state index is 13.3. The zero-order chi connectivity index (χ0) is 12.8. The fourth-order valence-electron chi connectivity index (χ4n) is 1.27. The topological polar surface area (TPSA) is 35.5 Å². The van der Waals surface area contributed by atoms with Crippen molar-refractivity contribution in [3.8, 4) is 5.75 Å². The Hall–Kier alpha value is -1.29. The molecule has 0 bridgehead atoms. The van der Waals surface area contributed by atoms with Gasteiger partial charge in [0, 0.05) is 5.02 Å². The van der Waals surface area contributed by atoms with Crippen molar-refractivity contribution >= 4 is 17.6 Å². The number of benzene rings is 1. The molecule has 1 unspecified atom stereocenters. The van der Waals surface area contributed by atoms with Gasteiger partial charge < -0.3 is 9.47 Å². The Kier molecular flexibility index (Phi) is 5.22. The molecule has 0 spiro atoms. The van der Waals surface area contributed by atoms with E-state index in [1.54, 1.807) is 19.1 Å². The van der Waals surface area contributed by atoms with Crippen LogP contribution in [0.3, 0.4) is 0 Å². The van der Waals surface area contributed by atoms with Gasteiger partial charge in [-0.3, -0.25) is 0 Å². The molecule has 0 saturated carbocycles. The molecule has 1 aromatic rings. The molecule has 1 aromatic carbocycles. The van der Waals surface area contributed by atoms with Gasteiger partial charge in [0.2, 0.25) is 0 Å². The normalized spacial score (nSPS) is 12.0. The van der Waals surface area contributed by atoms with Crippen LogP contribution in [0, 0.1) is 0 Å². The van der Waals surface area contributed by atoms with Crippen molar-refractivity contribution in [2.75, 3.05) is 6.61 Å². The molecule has 3 nitrogen and oxygen atoms in total. The molecular weight excluding hydrogens is 247 g/mol. The highest BCUT2D eigenvalue weighted by Crippen LogP contribution is 2.23. The zero-order valence-electron chi connectivity index (χ0n) is 9.70. The number of ether oxygens (including phenoxy) is 2. The molecule has 0 saturated heterocycles. The van der Waals surface area contributed by atoms with E-state index in [1.165, 1.54) is 6.07 Å². The van der Waals surface area contributed by atoms with E-state index in [0.29, 0.717) is 11.4 Å². The number of carbonyl (C=O) groups is 1. The first-order valence-electron chi connectivity index (χ1n) is 5.34. The predicted molar refractivity (Wildman–Crippen MR) is 63.0 cm³/mol. The lowest BCUT2D eigenvalue weighted by Crippen LogP contribution is -2.24. The maximum absolute atomic E-state index is 13.3. The van der Waals surface area contributed by atoms with Crippen molar-refractivity contribution in [2.45, 2.75) is 26.6 Å². The molecule has 0 fully saturated rings. The van der Waals surface area contributed by atoms with Crippen LogP contribution in [0.1, 0.15) is 19.4 Å². The van der Waals surface area contributed by atoms with Crippen molar-refractivity contribution < 1.29 is 18.7 Å². The van der Waals surface area contributed by atoms with Crippen LogP contribution < -0.4 is 4.74 Å². The van der Waals surface area contributed by atoms with Gasteiger partial charge in [0.1, 0.15) is 5.75 Å². The third kappa shape index (κ3) is 3.89. The van der Waals surface area contributed by atoms with E-state index in [1.807, 2.05) is 6.92 Å². The van der Waals surface area contributed by atoms with Crippen LogP contribution in [0.5, 0.6) is 5.75 Å². The van der Waals surface area contributed by atoms with Crippen LogP contribution >= 0.6 is 11.6 Å². The van der Waals surface area contributed by atoms with E-state index in [2.05, 4.69) is 4.74 Å². The molecule has 0 radical (unpaired) electrons. The van der Waals surface area contributed by atoms with E-state index in [4.69, 9.17) is 16.3 Å². The summed E-state index contributed by atoms with van der Waals surface area (Å²) in [4.78, 5) is 11.0. The third-order valence-corrected chi connectivity index (χ3v) is 2.48. The van der Waals surface area contributed by atoms with Crippen LogP contribution in [-0.4, -0.2) is 18.9 Å². The molecule has 0 N–H and O–H groups in total. The Morgan fingerprint density at radius 1 is 1.47 bits per heavy atom. The maximum Gasteiger partial charge on any atom is 0.381 e. The number of rotatable bonds is 5. The lowest BCUT2D eigenvalue weighted by Gasteiger charge is -2.11. The van der Waals surface area contributed by atoms with Crippen molar-refractivity contribution in [3.05, 3.63) is 28.8 Å². The standard InChI is InChI=1S/C12H14ClFO3/c1-3-8-7-9(5-6-10(8)13)17-11(14)12(15)16-4-2/h5-7,11H,3-4H2,1-2H3. The molecule has 0 aromatic heterocycles. The first-order valence-corrected chi connectivity index (χ1v) is 5.72. The van der Waals surface area contributed by atoms with E-state index < -0.39 is 12.3 Å². The fourth-order valence-corrected chi connectivity index (χ4v) is 1.52. The molecule has 17 heavy (non-hydrogen) atoms. The van der Waals surface area contributed by atoms with E-state index in [9.17, 15) is 9.18 Å². The molecule has 0 amide bonds. The molecule has 0 aliphatic carbocycles. The van der Waals surface area contributed by atoms with Crippen LogP contribution in [-0.2, 0) is 16.0 Å². The van der Waals surface area contributed by atoms with Gasteiger partial charge >= 0.3 is 12.3 Å². The number of halogens is 2. The summed E-state index contributed by atoms with van der Waals surface area (Å²) in [6.45, 7) is 3.63. The van der Waals surface area contributed by atoms with E-state index >= 15 is 0 Å². The predicted octanol–water partition coefficient (Wildman–Crippen LogP) is 3.14. The highest BCUT2D eigenvalue weighted by molar-refractivity contribution is 6.31. The monoisotopic (exact) mass is 260 g/mol. The van der Waals surface area contributed by atoms with Crippen LogP contribution in [0.2, 0.25) is 5.02 Å². The first-order chi connectivity index (χ1) is 8.08. The van der Waals surface area contributed by atoms with Gasteiger partial charge in [-0.25, -0.2) is 4.79 Å². The second-order valence-corrected chi connectivity index (χ2v) is 3.70. The quantitative estimate of drug-likeness (QED) is 0.763. The van der Waals surface area contributed by atoms with Crippen molar-refractivity contribution in [1.29, 1.82) is 0 Å². The van der Waals surface area contributed by atoms with Crippen LogP contribution in [0.25, 0.3) is 0 Å². The molecule has 0 heterocycles. The largest absolute Gasteiger partial charge is 0.461 e. The molecular formula is C12H14ClFO3. The fraction of sp³-hybridized carbons (Fsp3) is 0.417. The lowest BCUT2D eigenvalue weighted by molar-refractivity contribution is -0.159. The van der Waals surface area contributed by atoms with E-state index in [-0.39, 0.29) is 12.4 Å². The summed E-state index contributed by atoms with van der Waals surface area (Å²) < 4.78 is 22.6. The summed E-state index contributed by atoms with van der Waals surface area (Å²) in [5, 5.41) is 0.589. The van der Waals surface area contributed by atoms with Gasteiger partial charge in [-0.1, -0.05) is 18.5 Å². The van der Waals surface area contributed by atoms with Crippen LogP contribution in [0.15, 0.2) is 18.2 Å². The molecule has 94 valence electrons. The van der Waals surface area contributed by atoms with Gasteiger partial charge in [0.15, 0.2) is 0 Å². The number of aryl methyl sites for hydroxylation is 1. The van der Waals surface area contributed by atoms with Crippen molar-refractivity contribution in [3.63, 3.8) is 0 Å². The second-order valence-electron chi connectivity index (χ2n) is 3.29. The number of alkyl halides is 1. The summed E-state index contributed by atoms with van der Waals surface area (Å²) >= 11 is 5.90. The van der Waals surface area contributed by atoms with Crippen LogP contribution in [0.4, 0.5) is 4.39 Å².